The Morgan fingerprint density at radius 2 is 2.00 bits per heavy atom. The first-order valence-electron chi connectivity index (χ1n) is 7.65. The third-order valence-electron chi connectivity index (χ3n) is 3.60. The summed E-state index contributed by atoms with van der Waals surface area (Å²) in [4.78, 5) is 25.3. The Balaban J connectivity index is 1.57. The van der Waals surface area contributed by atoms with E-state index in [-0.39, 0.29) is 29.4 Å². The van der Waals surface area contributed by atoms with Gasteiger partial charge in [0.05, 0.1) is 11.3 Å². The molecule has 1 aromatic rings. The Morgan fingerprint density at radius 1 is 1.22 bits per heavy atom. The molecule has 0 bridgehead atoms. The average Bonchev–Trinajstić information content (AvgIpc) is 2.61. The van der Waals surface area contributed by atoms with Crippen molar-refractivity contribution in [1.82, 2.24) is 4.90 Å². The topological polar surface area (TPSA) is 105 Å². The number of amides is 1. The molecule has 11 heteroatoms. The maximum Gasteiger partial charge on any atom is 0.340 e. The molecule has 0 radical (unpaired) electrons. The number of carbonyl (C=O) groups excluding carboxylic acids is 2. The number of ether oxygens (including phenoxy) is 1. The van der Waals surface area contributed by atoms with Crippen molar-refractivity contribution in [2.75, 3.05) is 24.2 Å². The smallest absolute Gasteiger partial charge is 0.340 e. The lowest BCUT2D eigenvalue weighted by molar-refractivity contribution is -0.143. The molecule has 0 atom stereocenters. The van der Waals surface area contributed by atoms with Gasteiger partial charge < -0.3 is 15.0 Å². The van der Waals surface area contributed by atoms with Crippen LogP contribution in [0.15, 0.2) is 46.5 Å². The second-order valence-corrected chi connectivity index (χ2v) is 7.35. The van der Waals surface area contributed by atoms with E-state index in [1.165, 1.54) is 23.3 Å². The molecule has 0 fully saturated rings. The van der Waals surface area contributed by atoms with Gasteiger partial charge in [0.25, 0.3) is 15.9 Å². The molecule has 1 amide bonds. The lowest BCUT2D eigenvalue weighted by Crippen LogP contribution is -2.37. The van der Waals surface area contributed by atoms with E-state index in [2.05, 4.69) is 9.71 Å². The van der Waals surface area contributed by atoms with Gasteiger partial charge in [-0.15, -0.1) is 4.40 Å². The van der Waals surface area contributed by atoms with Crippen LogP contribution in [0.3, 0.4) is 0 Å². The highest BCUT2D eigenvalue weighted by Crippen LogP contribution is 2.17. The number of amidine groups is 1. The van der Waals surface area contributed by atoms with E-state index in [9.17, 15) is 26.8 Å². The van der Waals surface area contributed by atoms with Crippen molar-refractivity contribution in [1.29, 1.82) is 0 Å². The quantitative estimate of drug-likeness (QED) is 0.759. The summed E-state index contributed by atoms with van der Waals surface area (Å²) in [6, 6.07) is 2.81. The van der Waals surface area contributed by atoms with E-state index in [0.717, 1.165) is 18.2 Å². The minimum atomic E-state index is -3.50. The molecule has 0 spiro atoms. The molecular formula is C16H13F2N3O5S. The van der Waals surface area contributed by atoms with Gasteiger partial charge in [-0.25, -0.2) is 22.0 Å². The van der Waals surface area contributed by atoms with Crippen LogP contribution in [0.4, 0.5) is 14.5 Å². The van der Waals surface area contributed by atoms with Crippen LogP contribution >= 0.6 is 0 Å². The van der Waals surface area contributed by atoms with Crippen LogP contribution < -0.4 is 5.32 Å². The maximum atomic E-state index is 13.1. The van der Waals surface area contributed by atoms with Crippen molar-refractivity contribution in [3.8, 4) is 0 Å². The first kappa shape index (κ1) is 18.7. The molecule has 0 unspecified atom stereocenters. The minimum Gasteiger partial charge on any atom is -0.452 e. The molecule has 2 aliphatic heterocycles. The minimum absolute atomic E-state index is 0.0158. The summed E-state index contributed by atoms with van der Waals surface area (Å²) in [7, 11) is -3.50. The summed E-state index contributed by atoms with van der Waals surface area (Å²) in [5, 5.41) is 2.27. The Bertz CT molecular complexity index is 1000. The number of rotatable bonds is 4. The van der Waals surface area contributed by atoms with E-state index in [1.54, 1.807) is 0 Å². The second-order valence-electron chi connectivity index (χ2n) is 5.60. The standard InChI is InChI=1S/C16H13F2N3O5S/c17-12-3-2-11(7-13(12)18)19-15(22)9-26-16(23)10-1-4-14-20-27(24,25)6-5-21(14)8-10/h1-4,7-8H,5-6,9H2,(H,19,22). The number of hydrogen-bond acceptors (Lipinski definition) is 6. The van der Waals surface area contributed by atoms with Gasteiger partial charge in [0.15, 0.2) is 18.2 Å². The number of halogens is 2. The molecule has 142 valence electrons. The van der Waals surface area contributed by atoms with Crippen molar-refractivity contribution >= 4 is 33.4 Å². The van der Waals surface area contributed by atoms with Gasteiger partial charge in [-0.05, 0) is 24.3 Å². The molecule has 0 aliphatic carbocycles. The molecule has 0 saturated carbocycles. The summed E-state index contributed by atoms with van der Waals surface area (Å²) in [5.41, 5.74) is 0.121. The summed E-state index contributed by atoms with van der Waals surface area (Å²) >= 11 is 0. The van der Waals surface area contributed by atoms with Crippen LogP contribution in [0.2, 0.25) is 0 Å². The molecule has 0 saturated heterocycles. The van der Waals surface area contributed by atoms with Crippen LogP contribution in [0, 0.1) is 11.6 Å². The predicted octanol–water partition coefficient (Wildman–Crippen LogP) is 0.944. The predicted molar refractivity (Wildman–Crippen MR) is 91.1 cm³/mol. The highest BCUT2D eigenvalue weighted by atomic mass is 32.2. The number of carbonyl (C=O) groups is 2. The number of benzene rings is 1. The van der Waals surface area contributed by atoms with E-state index in [0.29, 0.717) is 0 Å². The Kier molecular flexibility index (Phi) is 5.04. The Hall–Kier alpha value is -3.08. The number of anilines is 1. The van der Waals surface area contributed by atoms with Crippen LogP contribution in [-0.4, -0.2) is 49.9 Å². The number of hydrogen-bond donors (Lipinski definition) is 1. The van der Waals surface area contributed by atoms with Gasteiger partial charge in [-0.3, -0.25) is 4.79 Å². The maximum absolute atomic E-state index is 13.1. The Morgan fingerprint density at radius 3 is 2.74 bits per heavy atom. The van der Waals surface area contributed by atoms with Crippen molar-refractivity contribution in [3.63, 3.8) is 0 Å². The molecule has 8 nitrogen and oxygen atoms in total. The zero-order chi connectivity index (χ0) is 19.6. The highest BCUT2D eigenvalue weighted by molar-refractivity contribution is 7.90. The van der Waals surface area contributed by atoms with E-state index in [4.69, 9.17) is 4.74 Å². The van der Waals surface area contributed by atoms with Crippen LogP contribution in [-0.2, 0) is 24.3 Å². The first-order valence-corrected chi connectivity index (χ1v) is 9.26. The molecule has 1 aromatic carbocycles. The number of nitrogens with zero attached hydrogens (tertiary/aromatic N) is 2. The van der Waals surface area contributed by atoms with E-state index >= 15 is 0 Å². The fourth-order valence-electron chi connectivity index (χ4n) is 2.31. The lowest BCUT2D eigenvalue weighted by atomic mass is 10.2. The SMILES string of the molecule is O=C(COC(=O)C1=CN2CCS(=O)(=O)N=C2C=C1)Nc1ccc(F)c(F)c1. The van der Waals surface area contributed by atoms with Gasteiger partial charge in [-0.1, -0.05) is 0 Å². The molecule has 1 N–H and O–H groups in total. The molecular weight excluding hydrogens is 384 g/mol. The fourth-order valence-corrected chi connectivity index (χ4v) is 3.28. The number of sulfonamides is 1. The molecule has 27 heavy (non-hydrogen) atoms. The van der Waals surface area contributed by atoms with Crippen LogP contribution in [0.1, 0.15) is 0 Å². The molecule has 3 rings (SSSR count). The third-order valence-corrected chi connectivity index (χ3v) is 4.76. The van der Waals surface area contributed by atoms with Gasteiger partial charge >= 0.3 is 5.97 Å². The lowest BCUT2D eigenvalue weighted by Gasteiger charge is -2.26. The van der Waals surface area contributed by atoms with E-state index in [1.807, 2.05) is 0 Å². The van der Waals surface area contributed by atoms with Crippen molar-refractivity contribution in [2.24, 2.45) is 4.40 Å². The second kappa shape index (κ2) is 7.27. The zero-order valence-electron chi connectivity index (χ0n) is 13.7. The van der Waals surface area contributed by atoms with Crippen molar-refractivity contribution in [2.45, 2.75) is 0 Å². The third kappa shape index (κ3) is 4.56. The largest absolute Gasteiger partial charge is 0.452 e. The van der Waals surface area contributed by atoms with E-state index < -0.39 is 40.1 Å². The first-order chi connectivity index (χ1) is 12.7. The normalized spacial score (nSPS) is 17.5. The molecule has 0 aromatic heterocycles. The van der Waals surface area contributed by atoms with Gasteiger partial charge in [-0.2, -0.15) is 0 Å². The van der Waals surface area contributed by atoms with Crippen molar-refractivity contribution in [3.05, 3.63) is 53.8 Å². The van der Waals surface area contributed by atoms with Crippen LogP contribution in [0.5, 0.6) is 0 Å². The van der Waals surface area contributed by atoms with Crippen LogP contribution in [0.25, 0.3) is 0 Å². The number of fused-ring (bicyclic) bond motifs is 1. The number of nitrogens with one attached hydrogen (secondary N) is 1. The summed E-state index contributed by atoms with van der Waals surface area (Å²) in [6.45, 7) is -0.503. The molecule has 2 heterocycles. The number of esters is 1. The van der Waals surface area contributed by atoms with Gasteiger partial charge in [0, 0.05) is 24.5 Å². The summed E-state index contributed by atoms with van der Waals surface area (Å²) < 4.78 is 57.3. The summed E-state index contributed by atoms with van der Waals surface area (Å²) in [5.74, 6) is -3.71. The van der Waals surface area contributed by atoms with Gasteiger partial charge in [0.1, 0.15) is 5.84 Å². The monoisotopic (exact) mass is 397 g/mol. The Labute approximate surface area is 152 Å². The fraction of sp³-hybridized carbons (Fsp3) is 0.188. The highest BCUT2D eigenvalue weighted by Gasteiger charge is 2.25. The van der Waals surface area contributed by atoms with Crippen molar-refractivity contribution < 1.29 is 31.5 Å². The zero-order valence-corrected chi connectivity index (χ0v) is 14.5. The van der Waals surface area contributed by atoms with Gasteiger partial charge in [0.2, 0.25) is 0 Å². The molecule has 2 aliphatic rings. The summed E-state index contributed by atoms with van der Waals surface area (Å²) in [6.07, 6.45) is 4.06. The average molecular weight is 397 g/mol.